The quantitative estimate of drug-likeness (QED) is 0.578. The summed E-state index contributed by atoms with van der Waals surface area (Å²) in [4.78, 5) is 27.8. The van der Waals surface area contributed by atoms with Crippen LogP contribution in [0.4, 0.5) is 14.5 Å². The van der Waals surface area contributed by atoms with Crippen LogP contribution in [0.2, 0.25) is 0 Å². The highest BCUT2D eigenvalue weighted by Gasteiger charge is 2.21. The Morgan fingerprint density at radius 3 is 2.30 bits per heavy atom. The van der Waals surface area contributed by atoms with E-state index < -0.39 is 11.6 Å². The van der Waals surface area contributed by atoms with Gasteiger partial charge in [0, 0.05) is 42.3 Å². The Labute approximate surface area is 161 Å². The monoisotopic (exact) mass is 390 g/mol. The molecule has 1 aliphatic heterocycles. The summed E-state index contributed by atoms with van der Waals surface area (Å²) in [6, 6.07) is 10.7. The number of piperazine rings is 1. The van der Waals surface area contributed by atoms with E-state index >= 15 is 0 Å². The number of thioether (sulfide) groups is 1. The molecule has 0 aromatic heterocycles. The lowest BCUT2D eigenvalue weighted by molar-refractivity contribution is -0.128. The highest BCUT2D eigenvalue weighted by atomic mass is 32.2. The number of carbonyl (C=O) groups excluding carboxylic acids is 2. The molecule has 0 aliphatic carbocycles. The first-order valence-electron chi connectivity index (χ1n) is 8.65. The Kier molecular flexibility index (Phi) is 6.11. The molecule has 3 rings (SSSR count). The van der Waals surface area contributed by atoms with Crippen LogP contribution in [0.25, 0.3) is 0 Å². The molecule has 4 nitrogen and oxygen atoms in total. The molecule has 0 spiro atoms. The zero-order chi connectivity index (χ0) is 19.4. The summed E-state index contributed by atoms with van der Waals surface area (Å²) < 4.78 is 26.8. The van der Waals surface area contributed by atoms with Crippen molar-refractivity contribution in [3.63, 3.8) is 0 Å². The van der Waals surface area contributed by atoms with Gasteiger partial charge < -0.3 is 9.80 Å². The first kappa shape index (κ1) is 19.4. The number of rotatable bonds is 5. The van der Waals surface area contributed by atoms with E-state index in [-0.39, 0.29) is 22.3 Å². The number of carbonyl (C=O) groups is 2. The average molecular weight is 390 g/mol. The van der Waals surface area contributed by atoms with Crippen molar-refractivity contribution < 1.29 is 18.4 Å². The summed E-state index contributed by atoms with van der Waals surface area (Å²) >= 11 is 1.01. The molecule has 0 bridgehead atoms. The number of hydrogen-bond acceptors (Lipinski definition) is 4. The number of Topliss-reactive ketones (excluding diaryl/α,β-unsaturated/α-hetero) is 1. The molecule has 7 heteroatoms. The number of benzene rings is 2. The Morgan fingerprint density at radius 1 is 1.00 bits per heavy atom. The molecule has 1 heterocycles. The van der Waals surface area contributed by atoms with Gasteiger partial charge in [0.15, 0.2) is 5.78 Å². The van der Waals surface area contributed by atoms with Crippen LogP contribution >= 0.6 is 11.8 Å². The smallest absolute Gasteiger partial charge is 0.233 e. The Bertz CT molecular complexity index is 834. The van der Waals surface area contributed by atoms with Gasteiger partial charge in [-0.15, -0.1) is 11.8 Å². The van der Waals surface area contributed by atoms with Crippen LogP contribution in [0.5, 0.6) is 0 Å². The fourth-order valence-corrected chi connectivity index (χ4v) is 3.80. The van der Waals surface area contributed by atoms with Crippen molar-refractivity contribution >= 4 is 29.1 Å². The first-order valence-corrected chi connectivity index (χ1v) is 9.64. The van der Waals surface area contributed by atoms with Crippen LogP contribution in [0.3, 0.4) is 0 Å². The molecule has 0 atom stereocenters. The molecule has 0 saturated carbocycles. The molecule has 0 unspecified atom stereocenters. The second-order valence-corrected chi connectivity index (χ2v) is 7.35. The minimum atomic E-state index is -0.520. The average Bonchev–Trinajstić information content (AvgIpc) is 2.68. The van der Waals surface area contributed by atoms with Gasteiger partial charge in [-0.2, -0.15) is 0 Å². The van der Waals surface area contributed by atoms with Crippen molar-refractivity contribution in [3.8, 4) is 0 Å². The maximum Gasteiger partial charge on any atom is 0.233 e. The lowest BCUT2D eigenvalue weighted by atomic mass is 10.1. The van der Waals surface area contributed by atoms with Crippen LogP contribution in [-0.4, -0.2) is 48.5 Å². The van der Waals surface area contributed by atoms with Crippen LogP contribution in [-0.2, 0) is 4.79 Å². The van der Waals surface area contributed by atoms with E-state index in [1.165, 1.54) is 6.92 Å². The number of anilines is 1. The largest absolute Gasteiger partial charge is 0.368 e. The number of hydrogen-bond donors (Lipinski definition) is 0. The van der Waals surface area contributed by atoms with E-state index in [4.69, 9.17) is 0 Å². The molecule has 0 radical (unpaired) electrons. The standard InChI is InChI=1S/C20H20F2N2O2S/c1-14(25)15-2-5-17(6-3-15)23-8-10-24(11-9-23)20(26)13-27-19-12-16(21)4-7-18(19)22/h2-7,12H,8-11,13H2,1H3. The van der Waals surface area contributed by atoms with Gasteiger partial charge in [0.25, 0.3) is 0 Å². The van der Waals surface area contributed by atoms with E-state index in [1.54, 1.807) is 17.0 Å². The van der Waals surface area contributed by atoms with Crippen LogP contribution in [0, 0.1) is 11.6 Å². The number of ketones is 1. The number of nitrogens with zero attached hydrogens (tertiary/aromatic N) is 2. The summed E-state index contributed by atoms with van der Waals surface area (Å²) in [5.74, 6) is -1.02. The third kappa shape index (κ3) is 4.86. The van der Waals surface area contributed by atoms with Gasteiger partial charge in [-0.3, -0.25) is 9.59 Å². The summed E-state index contributed by atoms with van der Waals surface area (Å²) in [6.45, 7) is 4.04. The predicted octanol–water partition coefficient (Wildman–Crippen LogP) is 3.61. The summed E-state index contributed by atoms with van der Waals surface area (Å²) in [5, 5.41) is 0. The SMILES string of the molecule is CC(=O)c1ccc(N2CCN(C(=O)CSc3cc(F)ccc3F)CC2)cc1. The van der Waals surface area contributed by atoms with Gasteiger partial charge in [-0.25, -0.2) is 8.78 Å². The molecule has 27 heavy (non-hydrogen) atoms. The molecule has 0 N–H and O–H groups in total. The fourth-order valence-electron chi connectivity index (χ4n) is 2.94. The van der Waals surface area contributed by atoms with Gasteiger partial charge in [-0.1, -0.05) is 0 Å². The minimum Gasteiger partial charge on any atom is -0.368 e. The van der Waals surface area contributed by atoms with Gasteiger partial charge >= 0.3 is 0 Å². The summed E-state index contributed by atoms with van der Waals surface area (Å²) in [7, 11) is 0. The third-order valence-electron chi connectivity index (χ3n) is 4.52. The van der Waals surface area contributed by atoms with Gasteiger partial charge in [0.2, 0.25) is 5.91 Å². The molecular formula is C20H20F2N2O2S. The topological polar surface area (TPSA) is 40.6 Å². The molecule has 2 aromatic carbocycles. The maximum absolute atomic E-state index is 13.6. The zero-order valence-electron chi connectivity index (χ0n) is 15.0. The van der Waals surface area contributed by atoms with E-state index in [0.717, 1.165) is 35.6 Å². The van der Waals surface area contributed by atoms with Crippen molar-refractivity contribution in [2.24, 2.45) is 0 Å². The van der Waals surface area contributed by atoms with Gasteiger partial charge in [0.1, 0.15) is 11.6 Å². The van der Waals surface area contributed by atoms with Gasteiger partial charge in [-0.05, 0) is 49.4 Å². The lowest BCUT2D eigenvalue weighted by Gasteiger charge is -2.36. The van der Waals surface area contributed by atoms with E-state index in [9.17, 15) is 18.4 Å². The lowest BCUT2D eigenvalue weighted by Crippen LogP contribution is -2.49. The number of amides is 1. The molecule has 2 aromatic rings. The molecular weight excluding hydrogens is 370 g/mol. The Morgan fingerprint density at radius 2 is 1.67 bits per heavy atom. The third-order valence-corrected chi connectivity index (χ3v) is 5.53. The Hall–Kier alpha value is -2.41. The maximum atomic E-state index is 13.6. The molecule has 1 amide bonds. The first-order chi connectivity index (χ1) is 12.9. The normalized spacial score (nSPS) is 14.3. The summed E-state index contributed by atoms with van der Waals surface area (Å²) in [5.41, 5.74) is 1.69. The molecule has 142 valence electrons. The second-order valence-electron chi connectivity index (χ2n) is 6.33. The Balaban J connectivity index is 1.51. The van der Waals surface area contributed by atoms with E-state index in [1.807, 2.05) is 12.1 Å². The van der Waals surface area contributed by atoms with Crippen molar-refractivity contribution in [3.05, 3.63) is 59.7 Å². The summed E-state index contributed by atoms with van der Waals surface area (Å²) in [6.07, 6.45) is 0. The van der Waals surface area contributed by atoms with Crippen molar-refractivity contribution in [1.82, 2.24) is 4.90 Å². The molecule has 1 saturated heterocycles. The van der Waals surface area contributed by atoms with E-state index in [0.29, 0.717) is 31.7 Å². The molecule has 1 fully saturated rings. The van der Waals surface area contributed by atoms with Crippen molar-refractivity contribution in [2.45, 2.75) is 11.8 Å². The second kappa shape index (κ2) is 8.52. The van der Waals surface area contributed by atoms with Crippen LogP contribution < -0.4 is 4.90 Å². The highest BCUT2D eigenvalue weighted by Crippen LogP contribution is 2.24. The van der Waals surface area contributed by atoms with E-state index in [2.05, 4.69) is 4.90 Å². The molecule has 1 aliphatic rings. The van der Waals surface area contributed by atoms with Crippen LogP contribution in [0.15, 0.2) is 47.4 Å². The minimum absolute atomic E-state index is 0.0317. The highest BCUT2D eigenvalue weighted by molar-refractivity contribution is 8.00. The predicted molar refractivity (Wildman–Crippen MR) is 102 cm³/mol. The van der Waals surface area contributed by atoms with Gasteiger partial charge in [0.05, 0.1) is 5.75 Å². The zero-order valence-corrected chi connectivity index (χ0v) is 15.8. The van der Waals surface area contributed by atoms with Crippen molar-refractivity contribution in [2.75, 3.05) is 36.8 Å². The van der Waals surface area contributed by atoms with Crippen molar-refractivity contribution in [1.29, 1.82) is 0 Å². The number of halogens is 2. The van der Waals surface area contributed by atoms with Crippen LogP contribution in [0.1, 0.15) is 17.3 Å². The fraction of sp³-hybridized carbons (Fsp3) is 0.300.